The summed E-state index contributed by atoms with van der Waals surface area (Å²) in [7, 11) is 1.56. The van der Waals surface area contributed by atoms with Gasteiger partial charge in [-0.1, -0.05) is 29.2 Å². The van der Waals surface area contributed by atoms with Crippen molar-refractivity contribution >= 4 is 51.4 Å². The number of anilines is 3. The van der Waals surface area contributed by atoms with Gasteiger partial charge in [0.15, 0.2) is 4.34 Å². The molecule has 0 bridgehead atoms. The van der Waals surface area contributed by atoms with Gasteiger partial charge < -0.3 is 16.0 Å². The number of carbonyl (C=O) groups excluding carboxylic acids is 2. The van der Waals surface area contributed by atoms with Crippen LogP contribution < -0.4 is 16.0 Å². The summed E-state index contributed by atoms with van der Waals surface area (Å²) >= 11 is 2.52. The van der Waals surface area contributed by atoms with Crippen LogP contribution in [-0.2, 0) is 4.79 Å². The molecule has 10 heteroatoms. The first-order valence-electron chi connectivity index (χ1n) is 8.14. The second kappa shape index (κ2) is 9.29. The number of thioether (sulfide) groups is 1. The molecule has 1 heterocycles. The molecule has 0 atom stereocenters. The van der Waals surface area contributed by atoms with Gasteiger partial charge in [0.05, 0.1) is 5.75 Å². The molecule has 2 aromatic carbocycles. The zero-order valence-corrected chi connectivity index (χ0v) is 16.4. The lowest BCUT2D eigenvalue weighted by atomic mass is 10.2. The Balaban J connectivity index is 1.49. The lowest BCUT2D eigenvalue weighted by molar-refractivity contribution is -0.113. The molecule has 0 saturated heterocycles. The molecule has 0 spiro atoms. The molecule has 2 amide bonds. The van der Waals surface area contributed by atoms with E-state index in [1.807, 2.05) is 0 Å². The van der Waals surface area contributed by atoms with Crippen molar-refractivity contribution in [1.82, 2.24) is 15.5 Å². The molecule has 3 N–H and O–H groups in total. The smallest absolute Gasteiger partial charge is 0.251 e. The third-order valence-electron chi connectivity index (χ3n) is 3.47. The SMILES string of the molecule is CNC(=O)c1ccc(NC(=O)CSc2nnc(Nc3cccc(F)c3)s2)cc1. The molecule has 3 rings (SSSR count). The summed E-state index contributed by atoms with van der Waals surface area (Å²) in [4.78, 5) is 23.6. The zero-order valence-electron chi connectivity index (χ0n) is 14.7. The normalized spacial score (nSPS) is 10.4. The molecule has 0 fully saturated rings. The van der Waals surface area contributed by atoms with E-state index in [2.05, 4.69) is 26.1 Å². The molecule has 0 aliphatic carbocycles. The molecule has 144 valence electrons. The average molecular weight is 417 g/mol. The molecule has 0 saturated carbocycles. The Morgan fingerprint density at radius 2 is 1.89 bits per heavy atom. The van der Waals surface area contributed by atoms with E-state index in [1.165, 1.54) is 35.2 Å². The van der Waals surface area contributed by atoms with E-state index < -0.39 is 0 Å². The molecule has 3 aromatic rings. The number of rotatable bonds is 7. The van der Waals surface area contributed by atoms with E-state index >= 15 is 0 Å². The first kappa shape index (κ1) is 19.8. The highest BCUT2D eigenvalue weighted by atomic mass is 32.2. The number of nitrogens with zero attached hydrogens (tertiary/aromatic N) is 2. The fraction of sp³-hybridized carbons (Fsp3) is 0.111. The zero-order chi connectivity index (χ0) is 19.9. The molecule has 0 radical (unpaired) electrons. The second-order valence-electron chi connectivity index (χ2n) is 5.50. The summed E-state index contributed by atoms with van der Waals surface area (Å²) in [6.45, 7) is 0. The largest absolute Gasteiger partial charge is 0.355 e. The highest BCUT2D eigenvalue weighted by Crippen LogP contribution is 2.27. The van der Waals surface area contributed by atoms with E-state index in [0.717, 1.165) is 0 Å². The molecular weight excluding hydrogens is 401 g/mol. The summed E-state index contributed by atoms with van der Waals surface area (Å²) in [5.74, 6) is -0.574. The van der Waals surface area contributed by atoms with Crippen LogP contribution >= 0.6 is 23.1 Å². The van der Waals surface area contributed by atoms with Gasteiger partial charge in [0, 0.05) is 24.0 Å². The maximum atomic E-state index is 13.2. The predicted molar refractivity (Wildman–Crippen MR) is 109 cm³/mol. The van der Waals surface area contributed by atoms with Crippen LogP contribution in [0, 0.1) is 5.82 Å². The fourth-order valence-electron chi connectivity index (χ4n) is 2.18. The lowest BCUT2D eigenvalue weighted by Crippen LogP contribution is -2.18. The number of hydrogen-bond acceptors (Lipinski definition) is 7. The predicted octanol–water partition coefficient (Wildman–Crippen LogP) is 3.51. The summed E-state index contributed by atoms with van der Waals surface area (Å²) in [5.41, 5.74) is 1.69. The van der Waals surface area contributed by atoms with Crippen molar-refractivity contribution in [3.63, 3.8) is 0 Å². The number of carbonyl (C=O) groups is 2. The van der Waals surface area contributed by atoms with Gasteiger partial charge in [0.2, 0.25) is 11.0 Å². The van der Waals surface area contributed by atoms with Crippen molar-refractivity contribution in [2.45, 2.75) is 4.34 Å². The highest BCUT2D eigenvalue weighted by Gasteiger charge is 2.10. The third kappa shape index (κ3) is 5.51. The van der Waals surface area contributed by atoms with E-state index in [4.69, 9.17) is 0 Å². The van der Waals surface area contributed by atoms with Gasteiger partial charge in [-0.2, -0.15) is 0 Å². The van der Waals surface area contributed by atoms with Crippen LogP contribution in [0.15, 0.2) is 52.9 Å². The first-order chi connectivity index (χ1) is 13.5. The van der Waals surface area contributed by atoms with Gasteiger partial charge >= 0.3 is 0 Å². The second-order valence-corrected chi connectivity index (χ2v) is 7.70. The van der Waals surface area contributed by atoms with E-state index in [1.54, 1.807) is 43.4 Å². The monoisotopic (exact) mass is 417 g/mol. The molecule has 28 heavy (non-hydrogen) atoms. The lowest BCUT2D eigenvalue weighted by Gasteiger charge is -2.05. The highest BCUT2D eigenvalue weighted by molar-refractivity contribution is 8.01. The fourth-order valence-corrected chi connectivity index (χ4v) is 3.75. The maximum absolute atomic E-state index is 13.2. The molecule has 0 aliphatic rings. The number of halogens is 1. The van der Waals surface area contributed by atoms with Crippen LogP contribution in [0.25, 0.3) is 0 Å². The standard InChI is InChI=1S/C18H16FN5O2S2/c1-20-16(26)11-5-7-13(8-6-11)21-15(25)10-27-18-24-23-17(28-18)22-14-4-2-3-12(19)9-14/h2-9H,10H2,1H3,(H,20,26)(H,21,25)(H,22,23). The van der Waals surface area contributed by atoms with Crippen molar-refractivity contribution in [2.75, 3.05) is 23.4 Å². The van der Waals surface area contributed by atoms with Gasteiger partial charge in [-0.05, 0) is 42.5 Å². The molecule has 0 aliphatic heterocycles. The van der Waals surface area contributed by atoms with Crippen molar-refractivity contribution in [1.29, 1.82) is 0 Å². The summed E-state index contributed by atoms with van der Waals surface area (Å²) in [6, 6.07) is 12.6. The Labute approximate surface area is 168 Å². The van der Waals surface area contributed by atoms with Crippen LogP contribution in [-0.4, -0.2) is 34.8 Å². The van der Waals surface area contributed by atoms with Crippen LogP contribution in [0.4, 0.5) is 20.9 Å². The molecule has 1 aromatic heterocycles. The number of aromatic nitrogens is 2. The third-order valence-corrected chi connectivity index (χ3v) is 5.44. The Kier molecular flexibility index (Phi) is 6.56. The Bertz CT molecular complexity index is 978. The van der Waals surface area contributed by atoms with E-state index in [9.17, 15) is 14.0 Å². The summed E-state index contributed by atoms with van der Waals surface area (Å²) in [5, 5.41) is 16.8. The van der Waals surface area contributed by atoms with Gasteiger partial charge in [0.1, 0.15) is 5.82 Å². The van der Waals surface area contributed by atoms with Gasteiger partial charge in [0.25, 0.3) is 5.91 Å². The van der Waals surface area contributed by atoms with Crippen molar-refractivity contribution in [3.05, 3.63) is 59.9 Å². The van der Waals surface area contributed by atoms with Crippen LogP contribution in [0.2, 0.25) is 0 Å². The average Bonchev–Trinajstić information content (AvgIpc) is 3.14. The van der Waals surface area contributed by atoms with E-state index in [-0.39, 0.29) is 23.4 Å². The summed E-state index contributed by atoms with van der Waals surface area (Å²) in [6.07, 6.45) is 0. The number of benzene rings is 2. The minimum atomic E-state index is -0.343. The minimum absolute atomic E-state index is 0.159. The number of nitrogens with one attached hydrogen (secondary N) is 3. The van der Waals surface area contributed by atoms with Crippen molar-refractivity contribution in [2.24, 2.45) is 0 Å². The van der Waals surface area contributed by atoms with Crippen molar-refractivity contribution < 1.29 is 14.0 Å². The van der Waals surface area contributed by atoms with Crippen LogP contribution in [0.1, 0.15) is 10.4 Å². The number of amides is 2. The topological polar surface area (TPSA) is 96.0 Å². The first-order valence-corrected chi connectivity index (χ1v) is 9.94. The molecule has 0 unspecified atom stereocenters. The molecular formula is C18H16FN5O2S2. The summed E-state index contributed by atoms with van der Waals surface area (Å²) < 4.78 is 13.8. The van der Waals surface area contributed by atoms with Crippen molar-refractivity contribution in [3.8, 4) is 0 Å². The Morgan fingerprint density at radius 3 is 2.61 bits per heavy atom. The van der Waals surface area contributed by atoms with Gasteiger partial charge in [-0.25, -0.2) is 4.39 Å². The quantitative estimate of drug-likeness (QED) is 0.509. The van der Waals surface area contributed by atoms with Crippen LogP contribution in [0.3, 0.4) is 0 Å². The Morgan fingerprint density at radius 1 is 1.11 bits per heavy atom. The number of hydrogen-bond donors (Lipinski definition) is 3. The maximum Gasteiger partial charge on any atom is 0.251 e. The minimum Gasteiger partial charge on any atom is -0.355 e. The van der Waals surface area contributed by atoms with Gasteiger partial charge in [-0.15, -0.1) is 10.2 Å². The van der Waals surface area contributed by atoms with E-state index in [0.29, 0.717) is 26.4 Å². The van der Waals surface area contributed by atoms with Gasteiger partial charge in [-0.3, -0.25) is 9.59 Å². The molecule has 7 nitrogen and oxygen atoms in total. The Hall–Kier alpha value is -2.98. The van der Waals surface area contributed by atoms with Crippen LogP contribution in [0.5, 0.6) is 0 Å².